The maximum atomic E-state index is 13.6. The highest BCUT2D eigenvalue weighted by Gasteiger charge is 2.48. The number of methoxy groups -OCH3 is 1. The third kappa shape index (κ3) is 6.26. The predicted molar refractivity (Wildman–Crippen MR) is 130 cm³/mol. The number of cyclic esters (lactones) is 1. The molecule has 1 aliphatic heterocycles. The molecule has 0 bridgehead atoms. The molecule has 42 heavy (non-hydrogen) atoms. The van der Waals surface area contributed by atoms with Crippen LogP contribution in [0.2, 0.25) is 0 Å². The Hall–Kier alpha value is -3.97. The Morgan fingerprint density at radius 2 is 1.64 bits per heavy atom. The third-order valence-electron chi connectivity index (χ3n) is 7.15. The van der Waals surface area contributed by atoms with Crippen LogP contribution in [0, 0.1) is 5.92 Å². The normalized spacial score (nSPS) is 21.5. The standard InChI is InChI=1S/C28H22F9NO4/c1-14-24(16-8-19(27(32,33)34)11-20(9-16)28(35,36)37)42-25(40)38(14)12-17-10-18(26(29,30)31)4-5-21(17)22-7-15(13-39)3-6-23(22)41-2/h3-8,10-11,13-14,16,24H,9,12H2,1-2H3/t14-,16?,24-/m0/s1. The van der Waals surface area contributed by atoms with Crippen LogP contribution in [-0.2, 0) is 17.5 Å². The van der Waals surface area contributed by atoms with Gasteiger partial charge in [0.15, 0.2) is 0 Å². The lowest BCUT2D eigenvalue weighted by Gasteiger charge is -2.30. The second kappa shape index (κ2) is 11.0. The summed E-state index contributed by atoms with van der Waals surface area (Å²) in [6, 6.07) is 5.74. The topological polar surface area (TPSA) is 55.8 Å². The number of allylic oxidation sites excluding steroid dienone is 3. The Morgan fingerprint density at radius 3 is 2.21 bits per heavy atom. The maximum absolute atomic E-state index is 13.6. The summed E-state index contributed by atoms with van der Waals surface area (Å²) < 4.78 is 132. The number of carbonyl (C=O) groups is 2. The van der Waals surface area contributed by atoms with Crippen molar-refractivity contribution < 1.29 is 58.6 Å². The van der Waals surface area contributed by atoms with Crippen LogP contribution in [0.3, 0.4) is 0 Å². The molecule has 1 saturated heterocycles. The molecule has 1 unspecified atom stereocenters. The van der Waals surface area contributed by atoms with Gasteiger partial charge in [-0.2, -0.15) is 39.5 Å². The molecule has 2 aromatic rings. The van der Waals surface area contributed by atoms with E-state index in [0.717, 1.165) is 23.1 Å². The average Bonchev–Trinajstić information content (AvgIpc) is 3.19. The van der Waals surface area contributed by atoms with Crippen LogP contribution in [0.5, 0.6) is 5.75 Å². The lowest BCUT2D eigenvalue weighted by Crippen LogP contribution is -2.38. The Kier molecular flexibility index (Phi) is 8.13. The molecule has 226 valence electrons. The summed E-state index contributed by atoms with van der Waals surface area (Å²) in [5.41, 5.74) is -3.63. The number of nitrogens with zero attached hydrogens (tertiary/aromatic N) is 1. The summed E-state index contributed by atoms with van der Waals surface area (Å²) in [7, 11) is 1.30. The number of rotatable bonds is 6. The molecule has 5 nitrogen and oxygen atoms in total. The van der Waals surface area contributed by atoms with Gasteiger partial charge in [-0.1, -0.05) is 12.1 Å². The van der Waals surface area contributed by atoms with Crippen molar-refractivity contribution >= 4 is 12.4 Å². The molecule has 2 aliphatic rings. The Labute approximate surface area is 233 Å². The van der Waals surface area contributed by atoms with E-state index in [4.69, 9.17) is 9.47 Å². The summed E-state index contributed by atoms with van der Waals surface area (Å²) >= 11 is 0. The van der Waals surface area contributed by atoms with Gasteiger partial charge in [0.2, 0.25) is 0 Å². The maximum Gasteiger partial charge on any atom is 0.416 e. The van der Waals surface area contributed by atoms with Gasteiger partial charge >= 0.3 is 24.6 Å². The number of halogens is 9. The zero-order valence-electron chi connectivity index (χ0n) is 21.8. The molecular weight excluding hydrogens is 585 g/mol. The SMILES string of the molecule is COc1ccc(C=O)cc1-c1ccc(C(F)(F)F)cc1CN1C(=O)O[C@H](C2C=C(C(F)(F)F)C=C(C(F)(F)F)C2)[C@@H]1C. The largest absolute Gasteiger partial charge is 0.496 e. The molecule has 1 heterocycles. The van der Waals surface area contributed by atoms with Gasteiger partial charge in [-0.25, -0.2) is 4.79 Å². The number of hydrogen-bond acceptors (Lipinski definition) is 4. The third-order valence-corrected chi connectivity index (χ3v) is 7.15. The van der Waals surface area contributed by atoms with E-state index in [0.29, 0.717) is 12.4 Å². The van der Waals surface area contributed by atoms with Gasteiger partial charge in [0.05, 0.1) is 30.8 Å². The molecule has 0 radical (unpaired) electrons. The lowest BCUT2D eigenvalue weighted by molar-refractivity contribution is -0.137. The number of aldehydes is 1. The Bertz CT molecular complexity index is 1440. The van der Waals surface area contributed by atoms with Gasteiger partial charge in [-0.15, -0.1) is 0 Å². The zero-order chi connectivity index (χ0) is 31.2. The first-order valence-corrected chi connectivity index (χ1v) is 12.3. The molecular formula is C28H22F9NO4. The highest BCUT2D eigenvalue weighted by atomic mass is 19.4. The number of amides is 1. The van der Waals surface area contributed by atoms with E-state index in [2.05, 4.69) is 0 Å². The fourth-order valence-corrected chi connectivity index (χ4v) is 5.06. The summed E-state index contributed by atoms with van der Waals surface area (Å²) in [4.78, 5) is 25.2. The molecule has 1 fully saturated rings. The van der Waals surface area contributed by atoms with E-state index in [1.807, 2.05) is 0 Å². The first-order chi connectivity index (χ1) is 19.4. The van der Waals surface area contributed by atoms with Crippen LogP contribution in [0.4, 0.5) is 44.3 Å². The van der Waals surface area contributed by atoms with Crippen molar-refractivity contribution in [1.82, 2.24) is 4.90 Å². The molecule has 0 aromatic heterocycles. The fourth-order valence-electron chi connectivity index (χ4n) is 5.06. The van der Waals surface area contributed by atoms with Crippen LogP contribution in [0.1, 0.15) is 34.8 Å². The number of ether oxygens (including phenoxy) is 2. The Balaban J connectivity index is 1.74. The van der Waals surface area contributed by atoms with Crippen LogP contribution in [-0.4, -0.2) is 48.9 Å². The highest BCUT2D eigenvalue weighted by Crippen LogP contribution is 2.44. The van der Waals surface area contributed by atoms with E-state index < -0.39 is 72.4 Å². The van der Waals surface area contributed by atoms with Crippen molar-refractivity contribution in [3.63, 3.8) is 0 Å². The van der Waals surface area contributed by atoms with E-state index >= 15 is 0 Å². The number of hydrogen-bond donors (Lipinski definition) is 0. The highest BCUT2D eigenvalue weighted by molar-refractivity contribution is 5.83. The van der Waals surface area contributed by atoms with Crippen molar-refractivity contribution in [2.24, 2.45) is 5.92 Å². The second-order valence-electron chi connectivity index (χ2n) is 9.82. The smallest absolute Gasteiger partial charge is 0.416 e. The number of benzene rings is 2. The zero-order valence-corrected chi connectivity index (χ0v) is 21.8. The number of alkyl halides is 9. The van der Waals surface area contributed by atoms with Crippen molar-refractivity contribution in [2.75, 3.05) is 7.11 Å². The fraction of sp³-hybridized carbons (Fsp3) is 0.357. The quantitative estimate of drug-likeness (QED) is 0.248. The molecule has 1 aliphatic carbocycles. The van der Waals surface area contributed by atoms with Gasteiger partial charge in [0.25, 0.3) is 0 Å². The summed E-state index contributed by atoms with van der Waals surface area (Å²) in [6.45, 7) is 0.776. The van der Waals surface area contributed by atoms with E-state index in [1.54, 1.807) is 0 Å². The lowest BCUT2D eigenvalue weighted by atomic mass is 9.83. The number of carbonyl (C=O) groups excluding carboxylic acids is 2. The first-order valence-electron chi connectivity index (χ1n) is 12.3. The molecule has 3 atom stereocenters. The van der Waals surface area contributed by atoms with Gasteiger partial charge < -0.3 is 9.47 Å². The van der Waals surface area contributed by atoms with Gasteiger partial charge in [0, 0.05) is 22.6 Å². The minimum absolute atomic E-state index is 0.00541. The first kappa shape index (κ1) is 31.0. The van der Waals surface area contributed by atoms with Gasteiger partial charge in [-0.3, -0.25) is 9.69 Å². The predicted octanol–water partition coefficient (Wildman–Crippen LogP) is 7.90. The molecule has 4 rings (SSSR count). The van der Waals surface area contributed by atoms with Crippen molar-refractivity contribution in [3.8, 4) is 16.9 Å². The van der Waals surface area contributed by atoms with E-state index in [1.165, 1.54) is 32.2 Å². The second-order valence-corrected chi connectivity index (χ2v) is 9.82. The Morgan fingerprint density at radius 1 is 0.952 bits per heavy atom. The van der Waals surface area contributed by atoms with E-state index in [-0.39, 0.29) is 34.1 Å². The van der Waals surface area contributed by atoms with Crippen molar-refractivity contribution in [1.29, 1.82) is 0 Å². The molecule has 14 heteroatoms. The van der Waals surface area contributed by atoms with Crippen molar-refractivity contribution in [2.45, 2.75) is 50.6 Å². The van der Waals surface area contributed by atoms with Crippen molar-refractivity contribution in [3.05, 3.63) is 76.4 Å². The van der Waals surface area contributed by atoms with Crippen LogP contribution < -0.4 is 4.74 Å². The van der Waals surface area contributed by atoms with Crippen LogP contribution in [0.15, 0.2) is 59.7 Å². The van der Waals surface area contributed by atoms with Crippen LogP contribution in [0.25, 0.3) is 11.1 Å². The summed E-state index contributed by atoms with van der Waals surface area (Å²) in [6.07, 6.45) is -17.4. The molecule has 0 saturated carbocycles. The molecule has 0 N–H and O–H groups in total. The summed E-state index contributed by atoms with van der Waals surface area (Å²) in [5, 5.41) is 0. The minimum Gasteiger partial charge on any atom is -0.496 e. The van der Waals surface area contributed by atoms with E-state index in [9.17, 15) is 49.1 Å². The van der Waals surface area contributed by atoms with Gasteiger partial charge in [-0.05, 0) is 60.9 Å². The summed E-state index contributed by atoms with van der Waals surface area (Å²) in [5.74, 6) is -1.33. The molecule has 0 spiro atoms. The monoisotopic (exact) mass is 607 g/mol. The van der Waals surface area contributed by atoms with Crippen LogP contribution >= 0.6 is 0 Å². The minimum atomic E-state index is -5.11. The average molecular weight is 607 g/mol. The molecule has 2 aromatic carbocycles. The van der Waals surface area contributed by atoms with Gasteiger partial charge in [0.1, 0.15) is 18.1 Å². The molecule has 1 amide bonds.